The van der Waals surface area contributed by atoms with Crippen LogP contribution in [0.4, 0.5) is 0 Å². The van der Waals surface area contributed by atoms with Crippen LogP contribution >= 0.6 is 0 Å². The van der Waals surface area contributed by atoms with Gasteiger partial charge in [0.05, 0.1) is 19.1 Å². The Morgan fingerprint density at radius 1 is 1.22 bits per heavy atom. The number of nitrogens with one attached hydrogen (secondary N) is 2. The summed E-state index contributed by atoms with van der Waals surface area (Å²) in [7, 11) is 2.09. The van der Waals surface area contributed by atoms with Crippen LogP contribution in [-0.4, -0.2) is 61.1 Å². The van der Waals surface area contributed by atoms with Gasteiger partial charge in [0, 0.05) is 37.0 Å². The zero-order valence-corrected chi connectivity index (χ0v) is 14.4. The minimum Gasteiger partial charge on any atom is -0.376 e. The molecule has 2 heterocycles. The molecule has 130 valence electrons. The van der Waals surface area contributed by atoms with E-state index in [0.717, 1.165) is 19.4 Å². The number of nitrogens with zero attached hydrogens (tertiary/aromatic N) is 1. The second kappa shape index (κ2) is 6.77. The number of carbonyl (C=O) groups excluding carboxylic acids is 2. The summed E-state index contributed by atoms with van der Waals surface area (Å²) < 4.78 is 5.91. The quantitative estimate of drug-likeness (QED) is 0.747. The molecular weight excluding hydrogens is 294 g/mol. The number of hydrogen-bond acceptors (Lipinski definition) is 4. The third-order valence-electron chi connectivity index (χ3n) is 5.21. The Morgan fingerprint density at radius 3 is 2.61 bits per heavy atom. The van der Waals surface area contributed by atoms with Crippen molar-refractivity contribution in [3.05, 3.63) is 0 Å². The van der Waals surface area contributed by atoms with Gasteiger partial charge in [-0.25, -0.2) is 0 Å². The highest BCUT2D eigenvalue weighted by molar-refractivity contribution is 5.77. The molecule has 0 bridgehead atoms. The maximum absolute atomic E-state index is 12.2. The summed E-state index contributed by atoms with van der Waals surface area (Å²) in [5, 5.41) is 6.02. The second-order valence-electron chi connectivity index (χ2n) is 7.69. The molecule has 3 fully saturated rings. The minimum atomic E-state index is -0.0672. The molecule has 0 spiro atoms. The summed E-state index contributed by atoms with van der Waals surface area (Å²) in [6.45, 7) is 5.51. The van der Waals surface area contributed by atoms with E-state index in [0.29, 0.717) is 31.5 Å². The first-order valence-corrected chi connectivity index (χ1v) is 8.84. The van der Waals surface area contributed by atoms with Crippen LogP contribution in [0, 0.1) is 11.8 Å². The lowest BCUT2D eigenvalue weighted by Gasteiger charge is -2.23. The fraction of sp³-hybridized carbons (Fsp3) is 0.882. The van der Waals surface area contributed by atoms with Crippen molar-refractivity contribution in [2.45, 2.75) is 63.8 Å². The molecular formula is C17H29N3O3. The Balaban J connectivity index is 1.59. The van der Waals surface area contributed by atoms with Crippen molar-refractivity contribution in [2.75, 3.05) is 20.2 Å². The van der Waals surface area contributed by atoms with Crippen molar-refractivity contribution in [1.29, 1.82) is 0 Å². The lowest BCUT2D eigenvalue weighted by molar-refractivity contribution is -0.124. The Bertz CT molecular complexity index is 464. The van der Waals surface area contributed by atoms with Crippen LogP contribution in [0.1, 0.15) is 39.5 Å². The topological polar surface area (TPSA) is 70.7 Å². The van der Waals surface area contributed by atoms with Crippen molar-refractivity contribution >= 4 is 11.8 Å². The smallest absolute Gasteiger partial charge is 0.222 e. The van der Waals surface area contributed by atoms with Crippen LogP contribution in [0.15, 0.2) is 0 Å². The first-order valence-electron chi connectivity index (χ1n) is 8.84. The molecule has 4 atom stereocenters. The zero-order valence-electron chi connectivity index (χ0n) is 14.4. The highest BCUT2D eigenvalue weighted by atomic mass is 16.5. The molecule has 1 aliphatic carbocycles. The third-order valence-corrected chi connectivity index (χ3v) is 5.21. The molecule has 3 rings (SSSR count). The number of carbonyl (C=O) groups is 2. The third kappa shape index (κ3) is 4.04. The van der Waals surface area contributed by atoms with Crippen LogP contribution in [0.3, 0.4) is 0 Å². The normalized spacial score (nSPS) is 33.7. The molecule has 0 aromatic rings. The average Bonchev–Trinajstić information content (AvgIpc) is 3.06. The standard InChI is InChI=1S/C17H29N3O3/c1-10(2)18-16(22)7-14-17-11(6-15(21)19-12-4-5-12)8-20(3)13(17)9-23-14/h10-14,17H,4-9H2,1-3H3,(H,18,22)(H,19,21)/t11-,13-,14+,17-/m1/s1. The molecule has 2 aliphatic heterocycles. The summed E-state index contributed by atoms with van der Waals surface area (Å²) in [5.74, 6) is 0.760. The summed E-state index contributed by atoms with van der Waals surface area (Å²) in [5.41, 5.74) is 0. The van der Waals surface area contributed by atoms with Gasteiger partial charge >= 0.3 is 0 Å². The molecule has 0 unspecified atom stereocenters. The molecule has 0 aromatic carbocycles. The van der Waals surface area contributed by atoms with Gasteiger partial charge in [0.25, 0.3) is 0 Å². The van der Waals surface area contributed by atoms with Gasteiger partial charge in [-0.05, 0) is 39.7 Å². The van der Waals surface area contributed by atoms with Gasteiger partial charge in [0.2, 0.25) is 11.8 Å². The van der Waals surface area contributed by atoms with E-state index >= 15 is 0 Å². The molecule has 3 aliphatic rings. The van der Waals surface area contributed by atoms with Crippen molar-refractivity contribution in [2.24, 2.45) is 11.8 Å². The summed E-state index contributed by atoms with van der Waals surface area (Å²) in [4.78, 5) is 26.5. The van der Waals surface area contributed by atoms with Gasteiger partial charge in [-0.3, -0.25) is 9.59 Å². The molecule has 23 heavy (non-hydrogen) atoms. The van der Waals surface area contributed by atoms with E-state index in [9.17, 15) is 9.59 Å². The van der Waals surface area contributed by atoms with E-state index in [-0.39, 0.29) is 35.8 Å². The molecule has 2 N–H and O–H groups in total. The van der Waals surface area contributed by atoms with Gasteiger partial charge in [-0.15, -0.1) is 0 Å². The van der Waals surface area contributed by atoms with Gasteiger partial charge < -0.3 is 20.3 Å². The minimum absolute atomic E-state index is 0.0429. The molecule has 0 radical (unpaired) electrons. The van der Waals surface area contributed by atoms with Crippen LogP contribution in [0.2, 0.25) is 0 Å². The van der Waals surface area contributed by atoms with E-state index in [2.05, 4.69) is 22.6 Å². The first-order chi connectivity index (χ1) is 10.9. The fourth-order valence-electron chi connectivity index (χ4n) is 4.07. The molecule has 6 nitrogen and oxygen atoms in total. The van der Waals surface area contributed by atoms with Gasteiger partial charge in [-0.1, -0.05) is 0 Å². The first kappa shape index (κ1) is 16.7. The average molecular weight is 323 g/mol. The van der Waals surface area contributed by atoms with Gasteiger partial charge in [0.15, 0.2) is 0 Å². The van der Waals surface area contributed by atoms with E-state index in [1.807, 2.05) is 13.8 Å². The predicted octanol–water partition coefficient (Wildman–Crippen LogP) is 0.515. The lowest BCUT2D eigenvalue weighted by atomic mass is 9.84. The van der Waals surface area contributed by atoms with Gasteiger partial charge in [-0.2, -0.15) is 0 Å². The summed E-state index contributed by atoms with van der Waals surface area (Å²) in [6.07, 6.45) is 3.11. The number of ether oxygens (including phenoxy) is 1. The predicted molar refractivity (Wildman–Crippen MR) is 86.8 cm³/mol. The van der Waals surface area contributed by atoms with Crippen molar-refractivity contribution in [3.8, 4) is 0 Å². The number of rotatable bonds is 6. The maximum Gasteiger partial charge on any atom is 0.222 e. The molecule has 1 saturated carbocycles. The number of hydrogen-bond donors (Lipinski definition) is 2. The number of amides is 2. The second-order valence-corrected chi connectivity index (χ2v) is 7.69. The van der Waals surface area contributed by atoms with Crippen molar-refractivity contribution in [3.63, 3.8) is 0 Å². The molecule has 6 heteroatoms. The fourth-order valence-corrected chi connectivity index (χ4v) is 4.07. The summed E-state index contributed by atoms with van der Waals surface area (Å²) >= 11 is 0. The monoisotopic (exact) mass is 323 g/mol. The molecule has 0 aromatic heterocycles. The number of likely N-dealkylation sites (tertiary alicyclic amines) is 1. The number of fused-ring (bicyclic) bond motifs is 1. The SMILES string of the molecule is CC(C)NC(=O)C[C@@H]1OC[C@@H]2[C@H]1[C@H](CC(=O)NC1CC1)CN2C. The largest absolute Gasteiger partial charge is 0.376 e. The lowest BCUT2D eigenvalue weighted by Crippen LogP contribution is -2.37. The number of likely N-dealkylation sites (N-methyl/N-ethyl adjacent to an activating group) is 1. The Kier molecular flexibility index (Phi) is 4.92. The van der Waals surface area contributed by atoms with E-state index in [1.54, 1.807) is 0 Å². The summed E-state index contributed by atoms with van der Waals surface area (Å²) in [6, 6.07) is 0.890. The Morgan fingerprint density at radius 2 is 1.96 bits per heavy atom. The highest BCUT2D eigenvalue weighted by Gasteiger charge is 2.50. The molecule has 2 saturated heterocycles. The van der Waals surface area contributed by atoms with Crippen molar-refractivity contribution in [1.82, 2.24) is 15.5 Å². The molecule has 2 amide bonds. The van der Waals surface area contributed by atoms with E-state index < -0.39 is 0 Å². The van der Waals surface area contributed by atoms with Crippen LogP contribution in [-0.2, 0) is 14.3 Å². The van der Waals surface area contributed by atoms with E-state index in [4.69, 9.17) is 4.74 Å². The van der Waals surface area contributed by atoms with Gasteiger partial charge in [0.1, 0.15) is 0 Å². The Hall–Kier alpha value is -1.14. The van der Waals surface area contributed by atoms with E-state index in [1.165, 1.54) is 0 Å². The zero-order chi connectivity index (χ0) is 16.6. The van der Waals surface area contributed by atoms with Crippen LogP contribution in [0.25, 0.3) is 0 Å². The van der Waals surface area contributed by atoms with Crippen LogP contribution in [0.5, 0.6) is 0 Å². The Labute approximate surface area is 138 Å². The van der Waals surface area contributed by atoms with Crippen LogP contribution < -0.4 is 10.6 Å². The highest BCUT2D eigenvalue weighted by Crippen LogP contribution is 2.40. The van der Waals surface area contributed by atoms with Crippen molar-refractivity contribution < 1.29 is 14.3 Å². The maximum atomic E-state index is 12.2.